The molecule has 1 fully saturated rings. The fourth-order valence-electron chi connectivity index (χ4n) is 11.3. The number of nitrogens with zero attached hydrogens (tertiary/aromatic N) is 6. The van der Waals surface area contributed by atoms with Crippen molar-refractivity contribution in [3.8, 4) is 12.1 Å². The van der Waals surface area contributed by atoms with Crippen LogP contribution in [0.5, 0.6) is 0 Å². The minimum Gasteiger partial charge on any atom is -0.399 e. The zero-order chi connectivity index (χ0) is 86.6. The van der Waals surface area contributed by atoms with Gasteiger partial charge in [0.25, 0.3) is 23.6 Å². The third-order valence-corrected chi connectivity index (χ3v) is 18.6. The predicted molar refractivity (Wildman–Crippen MR) is 422 cm³/mol. The lowest BCUT2D eigenvalue weighted by molar-refractivity contribution is -0.138. The van der Waals surface area contributed by atoms with Crippen molar-refractivity contribution < 1.29 is 89.8 Å². The number of aryl methyl sites for hydroxylation is 4. The lowest BCUT2D eigenvalue weighted by atomic mass is 9.90. The molecule has 1 aliphatic rings. The predicted octanol–water partition coefficient (Wildman–Crippen LogP) is 20.8. The smallest absolute Gasteiger partial charge is 0.399 e. The summed E-state index contributed by atoms with van der Waals surface area (Å²) in [5.74, 6) is -1.35. The molecule has 0 aliphatic carbocycles. The Bertz CT molecular complexity index is 4950. The molecule has 15 nitrogen and oxygen atoms in total. The van der Waals surface area contributed by atoms with Crippen molar-refractivity contribution in [3.05, 3.63) is 289 Å². The summed E-state index contributed by atoms with van der Waals surface area (Å²) in [5, 5.41) is 23.3. The van der Waals surface area contributed by atoms with Gasteiger partial charge in [0.05, 0.1) is 51.1 Å². The number of anilines is 5. The summed E-state index contributed by atoms with van der Waals surface area (Å²) in [4.78, 5) is 68.9. The molecule has 1 saturated heterocycles. The molecular weight excluding hydrogens is 1570 g/mol. The van der Waals surface area contributed by atoms with Crippen LogP contribution in [0.3, 0.4) is 0 Å². The number of likely N-dealkylation sites (tertiary alicyclic amines) is 1. The second kappa shape index (κ2) is 41.2. The molecule has 6 N–H and O–H groups in total. The molecule has 0 spiro atoms. The van der Waals surface area contributed by atoms with E-state index in [1.165, 1.54) is 115 Å². The summed E-state index contributed by atoms with van der Waals surface area (Å²) in [6.45, 7) is 17.6. The summed E-state index contributed by atoms with van der Waals surface area (Å²) >= 11 is 0. The number of hydrogen-bond acceptors (Lipinski definition) is 10. The van der Waals surface area contributed by atoms with Gasteiger partial charge in [0.2, 0.25) is 5.91 Å². The molecule has 0 atom stereocenters. The van der Waals surface area contributed by atoms with E-state index in [9.17, 15) is 89.8 Å². The fourth-order valence-corrected chi connectivity index (χ4v) is 11.3. The maximum atomic E-state index is 12.9. The Morgan fingerprint density at radius 3 is 1.07 bits per heavy atom. The number of carbonyl (C=O) groups is 5. The number of hydrogen-bond donors (Lipinski definition) is 4. The van der Waals surface area contributed by atoms with Gasteiger partial charge in [-0.15, -0.1) is 12.4 Å². The second-order valence-corrected chi connectivity index (χ2v) is 28.3. The van der Waals surface area contributed by atoms with Crippen LogP contribution in [0.1, 0.15) is 154 Å². The van der Waals surface area contributed by atoms with Gasteiger partial charge in [0.1, 0.15) is 0 Å². The highest BCUT2D eigenvalue weighted by Crippen LogP contribution is 2.36. The Balaban J connectivity index is 0.000000271. The summed E-state index contributed by atoms with van der Waals surface area (Å²) < 4.78 is 187. The van der Waals surface area contributed by atoms with Crippen molar-refractivity contribution in [2.24, 2.45) is 17.1 Å². The van der Waals surface area contributed by atoms with Gasteiger partial charge in [-0.2, -0.15) is 76.4 Å². The van der Waals surface area contributed by atoms with Crippen LogP contribution in [0, 0.1) is 61.7 Å². The molecule has 0 unspecified atom stereocenters. The Morgan fingerprint density at radius 2 is 0.752 bits per heavy atom. The minimum absolute atomic E-state index is 0. The standard InChI is InChI=1S/C29H38F3N3O2.C17H17F3N2O.C17H13F3N2O.C16H11F3N2O.C7H6F3N.ClH/c1-20-18-22(27(37)34(5)25-10-8-24(9-11-25)29(30,31)32)6-7-23(20)19-33-26(36)21-12-15-35(16-13-21)17-14-28(2,3)4;2*1-11-9-12(3-4-13(11)10-21)16(23)22(2)15-7-5-14(6-8-15)17(18,19)20;1-10-8-11(2-3-12(10)9-20)15(22)21-14-6-4-13(5-7-14)16(17,18)19;8-7(9,10)5-1-3-6(11)4-2-5;/h6-11,18,21H,12-17,19H2,1-5H3,(H,33,36);3-9H,10,21H2,1-2H3;3-9H,1-2H3;2-8H,1H3,(H,21,22);1-4H,11H2;1H. The largest absolute Gasteiger partial charge is 0.416 e. The van der Waals surface area contributed by atoms with Crippen molar-refractivity contribution in [2.75, 3.05) is 66.5 Å². The second-order valence-electron chi connectivity index (χ2n) is 28.3. The van der Waals surface area contributed by atoms with Gasteiger partial charge in [0.15, 0.2) is 0 Å². The highest BCUT2D eigenvalue weighted by atomic mass is 35.5. The molecule has 10 rings (SSSR count). The van der Waals surface area contributed by atoms with E-state index in [0.29, 0.717) is 85.8 Å². The average Bonchev–Trinajstić information content (AvgIpc) is 0.826. The zero-order valence-electron chi connectivity index (χ0n) is 65.2. The van der Waals surface area contributed by atoms with Gasteiger partial charge in [-0.1, -0.05) is 32.9 Å². The van der Waals surface area contributed by atoms with Crippen LogP contribution in [0.2, 0.25) is 0 Å². The maximum absolute atomic E-state index is 12.9. The number of piperidine rings is 1. The normalized spacial score (nSPS) is 12.4. The van der Waals surface area contributed by atoms with E-state index in [1.54, 1.807) is 62.4 Å². The summed E-state index contributed by atoms with van der Waals surface area (Å²) in [6.07, 6.45) is -19.0. The SMILES string of the molecule is Cc1cc(C(=O)N(C)c2ccc(C(F)(F)F)cc2)ccc1C#N.Cc1cc(C(=O)N(C)c2ccc(C(F)(F)F)cc2)ccc1CN.Cc1cc(C(=O)N(C)c2ccc(C(F)(F)F)cc2)ccc1CNC(=O)C1CCN(CCC(C)(C)C)CC1.Cc1cc(C(=O)Nc2ccc(C(F)(F)F)cc2)ccc1C#N.Cl.Nc1ccc(C(F)(F)F)cc1. The third-order valence-electron chi connectivity index (χ3n) is 18.6. The molecule has 622 valence electrons. The average molecular weight is 1660 g/mol. The Kier molecular flexibility index (Phi) is 33.8. The lowest BCUT2D eigenvalue weighted by Gasteiger charge is -2.33. The van der Waals surface area contributed by atoms with Gasteiger partial charge >= 0.3 is 30.9 Å². The number of halogens is 16. The molecule has 0 saturated carbocycles. The lowest BCUT2D eigenvalue weighted by Crippen LogP contribution is -2.41. The van der Waals surface area contributed by atoms with Crippen LogP contribution in [-0.4, -0.2) is 75.2 Å². The van der Waals surface area contributed by atoms with Crippen molar-refractivity contribution in [3.63, 3.8) is 0 Å². The number of nitriles is 2. The highest BCUT2D eigenvalue weighted by Gasteiger charge is 2.35. The van der Waals surface area contributed by atoms with Crippen LogP contribution in [-0.2, 0) is 48.8 Å². The van der Waals surface area contributed by atoms with E-state index in [2.05, 4.69) is 36.3 Å². The summed E-state index contributed by atoms with van der Waals surface area (Å²) in [5.41, 5.74) is 16.6. The number of carbonyl (C=O) groups excluding carboxylic acids is 5. The topological polar surface area (TPSA) is 222 Å². The van der Waals surface area contributed by atoms with Crippen LogP contribution < -0.4 is 36.8 Å². The molecule has 1 heterocycles. The van der Waals surface area contributed by atoms with Gasteiger partial charge in [-0.05, 0) is 287 Å². The molecule has 5 amide bonds. The first-order valence-electron chi connectivity index (χ1n) is 35.7. The molecule has 0 aromatic heterocycles. The van der Waals surface area contributed by atoms with Crippen LogP contribution in [0.25, 0.3) is 0 Å². The van der Waals surface area contributed by atoms with Crippen LogP contribution >= 0.6 is 12.4 Å². The summed E-state index contributed by atoms with van der Waals surface area (Å²) in [7, 11) is 4.54. The van der Waals surface area contributed by atoms with Crippen molar-refractivity contribution in [2.45, 2.75) is 112 Å². The summed E-state index contributed by atoms with van der Waals surface area (Å²) in [6, 6.07) is 45.5. The van der Waals surface area contributed by atoms with E-state index in [4.69, 9.17) is 22.0 Å². The van der Waals surface area contributed by atoms with Gasteiger partial charge in [0, 0.05) is 90.8 Å². The molecule has 9 aromatic rings. The van der Waals surface area contributed by atoms with Crippen molar-refractivity contribution in [1.82, 2.24) is 10.2 Å². The quantitative estimate of drug-likeness (QED) is 0.0595. The van der Waals surface area contributed by atoms with Crippen molar-refractivity contribution >= 4 is 70.4 Å². The fraction of sp³-hybridized carbons (Fsp3) is 0.291. The first-order valence-corrected chi connectivity index (χ1v) is 35.7. The van der Waals surface area contributed by atoms with E-state index >= 15 is 0 Å². The van der Waals surface area contributed by atoms with Gasteiger partial charge in [-0.25, -0.2) is 0 Å². The number of rotatable bonds is 14. The zero-order valence-corrected chi connectivity index (χ0v) is 66.0. The third kappa shape index (κ3) is 28.6. The van der Waals surface area contributed by atoms with Gasteiger partial charge < -0.3 is 41.7 Å². The number of benzene rings is 9. The maximum Gasteiger partial charge on any atom is 0.416 e. The minimum atomic E-state index is -4.42. The Morgan fingerprint density at radius 1 is 0.444 bits per heavy atom. The van der Waals surface area contributed by atoms with E-state index in [1.807, 2.05) is 32.1 Å². The van der Waals surface area contributed by atoms with Crippen molar-refractivity contribution in [1.29, 1.82) is 10.5 Å². The molecule has 117 heavy (non-hydrogen) atoms. The van der Waals surface area contributed by atoms with Crippen LogP contribution in [0.15, 0.2) is 194 Å². The Hall–Kier alpha value is -11.7. The Labute approximate surface area is 674 Å². The number of alkyl halides is 15. The molecule has 0 bridgehead atoms. The van der Waals surface area contributed by atoms with E-state index < -0.39 is 64.6 Å². The van der Waals surface area contributed by atoms with Crippen LogP contribution in [0.4, 0.5) is 94.3 Å². The molecule has 31 heteroatoms. The number of amides is 5. The molecule has 9 aromatic carbocycles. The van der Waals surface area contributed by atoms with E-state index in [0.717, 1.165) is 122 Å². The van der Waals surface area contributed by atoms with E-state index in [-0.39, 0.29) is 47.6 Å². The first-order chi connectivity index (χ1) is 54.0. The van der Waals surface area contributed by atoms with Gasteiger partial charge in [-0.3, -0.25) is 24.0 Å². The number of nitrogens with two attached hydrogens (primary N) is 2. The number of nitrogens with one attached hydrogen (secondary N) is 2. The molecule has 0 radical (unpaired) electrons. The monoisotopic (exact) mass is 1660 g/mol. The highest BCUT2D eigenvalue weighted by molar-refractivity contribution is 6.08. The molecule has 1 aliphatic heterocycles. The first kappa shape index (κ1) is 95.9. The number of nitrogen functional groups attached to an aromatic ring is 1. The molecular formula is C86H86ClF15N10O5.